The highest BCUT2D eigenvalue weighted by atomic mass is 19.1. The summed E-state index contributed by atoms with van der Waals surface area (Å²) in [5.74, 6) is -1.63. The summed E-state index contributed by atoms with van der Waals surface area (Å²) in [5.41, 5.74) is 2.53. The van der Waals surface area contributed by atoms with Crippen molar-refractivity contribution in [2.24, 2.45) is 5.92 Å². The van der Waals surface area contributed by atoms with Gasteiger partial charge < -0.3 is 18.9 Å². The molecule has 7 nitrogen and oxygen atoms in total. The van der Waals surface area contributed by atoms with Crippen LogP contribution in [0.25, 0.3) is 5.69 Å². The Balaban J connectivity index is 1.58. The van der Waals surface area contributed by atoms with E-state index < -0.39 is 5.97 Å². The first-order chi connectivity index (χ1) is 14.8. The van der Waals surface area contributed by atoms with Crippen LogP contribution in [0.3, 0.4) is 0 Å². The Morgan fingerprint density at radius 2 is 1.71 bits per heavy atom. The van der Waals surface area contributed by atoms with Crippen molar-refractivity contribution >= 4 is 17.8 Å². The van der Waals surface area contributed by atoms with Gasteiger partial charge in [0.05, 0.1) is 18.1 Å². The van der Waals surface area contributed by atoms with E-state index in [1.807, 2.05) is 11.5 Å². The van der Waals surface area contributed by atoms with E-state index in [2.05, 4.69) is 0 Å². The molecule has 166 valence electrons. The summed E-state index contributed by atoms with van der Waals surface area (Å²) in [6, 6.07) is 7.67. The van der Waals surface area contributed by atoms with Crippen molar-refractivity contribution in [3.05, 3.63) is 53.1 Å². The summed E-state index contributed by atoms with van der Waals surface area (Å²) in [4.78, 5) is 38.4. The van der Waals surface area contributed by atoms with Crippen molar-refractivity contribution < 1.29 is 28.2 Å². The average Bonchev–Trinajstić information content (AvgIpc) is 3.06. The standard InChI is InChI=1S/C23H27FN2O5/c1-4-30-22(28)17-9-11-25(12-10-17)21(27)14-31-23(29)20-13-15(2)26(16(20)3)19-7-5-18(24)6-8-19/h5-8,13,17H,4,9-12,14H2,1-3H3. The van der Waals surface area contributed by atoms with E-state index in [9.17, 15) is 18.8 Å². The number of esters is 2. The molecule has 0 aliphatic carbocycles. The zero-order chi connectivity index (χ0) is 22.5. The number of halogens is 1. The summed E-state index contributed by atoms with van der Waals surface area (Å²) >= 11 is 0. The van der Waals surface area contributed by atoms with Crippen molar-refractivity contribution in [1.29, 1.82) is 0 Å². The number of piperidine rings is 1. The lowest BCUT2D eigenvalue weighted by Crippen LogP contribution is -2.42. The van der Waals surface area contributed by atoms with E-state index in [4.69, 9.17) is 9.47 Å². The zero-order valence-corrected chi connectivity index (χ0v) is 18.0. The van der Waals surface area contributed by atoms with Gasteiger partial charge in [-0.2, -0.15) is 0 Å². The number of hydrogen-bond donors (Lipinski definition) is 0. The van der Waals surface area contributed by atoms with Gasteiger partial charge in [0, 0.05) is 30.2 Å². The number of benzene rings is 1. The number of rotatable bonds is 6. The normalized spacial score (nSPS) is 14.4. The number of nitrogens with zero attached hydrogens (tertiary/aromatic N) is 2. The fourth-order valence-electron chi connectivity index (χ4n) is 3.88. The van der Waals surface area contributed by atoms with Crippen LogP contribution in [0.4, 0.5) is 4.39 Å². The van der Waals surface area contributed by atoms with Crippen LogP contribution >= 0.6 is 0 Å². The molecular formula is C23H27FN2O5. The van der Waals surface area contributed by atoms with Gasteiger partial charge in [0.25, 0.3) is 5.91 Å². The second-order valence-corrected chi connectivity index (χ2v) is 7.58. The van der Waals surface area contributed by atoms with Gasteiger partial charge in [-0.05, 0) is 63.9 Å². The fraction of sp³-hybridized carbons (Fsp3) is 0.435. The Hall–Kier alpha value is -3.16. The third kappa shape index (κ3) is 5.13. The lowest BCUT2D eigenvalue weighted by atomic mass is 9.97. The third-order valence-corrected chi connectivity index (χ3v) is 5.53. The minimum atomic E-state index is -0.587. The van der Waals surface area contributed by atoms with Gasteiger partial charge in [0.2, 0.25) is 0 Å². The molecule has 1 aromatic carbocycles. The highest BCUT2D eigenvalue weighted by Crippen LogP contribution is 2.22. The largest absolute Gasteiger partial charge is 0.466 e. The minimum Gasteiger partial charge on any atom is -0.466 e. The Kier molecular flexibility index (Phi) is 7.09. The van der Waals surface area contributed by atoms with Gasteiger partial charge in [0.15, 0.2) is 6.61 Å². The van der Waals surface area contributed by atoms with Crippen molar-refractivity contribution in [2.75, 3.05) is 26.3 Å². The average molecular weight is 430 g/mol. The molecule has 0 unspecified atom stereocenters. The third-order valence-electron chi connectivity index (χ3n) is 5.53. The fourth-order valence-corrected chi connectivity index (χ4v) is 3.88. The molecule has 1 saturated heterocycles. The van der Waals surface area contributed by atoms with Crippen molar-refractivity contribution in [3.63, 3.8) is 0 Å². The highest BCUT2D eigenvalue weighted by Gasteiger charge is 2.29. The molecule has 0 N–H and O–H groups in total. The Morgan fingerprint density at radius 3 is 2.32 bits per heavy atom. The number of carbonyl (C=O) groups excluding carboxylic acids is 3. The monoisotopic (exact) mass is 430 g/mol. The Labute approximate surface area is 180 Å². The first kappa shape index (κ1) is 22.5. The first-order valence-corrected chi connectivity index (χ1v) is 10.4. The van der Waals surface area contributed by atoms with Gasteiger partial charge >= 0.3 is 11.9 Å². The topological polar surface area (TPSA) is 77.8 Å². The van der Waals surface area contributed by atoms with Gasteiger partial charge in [-0.1, -0.05) is 0 Å². The molecule has 0 spiro atoms. The maximum Gasteiger partial charge on any atom is 0.340 e. The molecule has 1 fully saturated rings. The smallest absolute Gasteiger partial charge is 0.340 e. The van der Waals surface area contributed by atoms with Crippen molar-refractivity contribution in [1.82, 2.24) is 9.47 Å². The minimum absolute atomic E-state index is 0.191. The van der Waals surface area contributed by atoms with E-state index >= 15 is 0 Å². The van der Waals surface area contributed by atoms with Crippen LogP contribution in [0, 0.1) is 25.6 Å². The molecule has 3 rings (SSSR count). The van der Waals surface area contributed by atoms with E-state index in [0.29, 0.717) is 43.8 Å². The van der Waals surface area contributed by atoms with E-state index in [1.54, 1.807) is 36.9 Å². The van der Waals surface area contributed by atoms with Crippen LogP contribution in [0.2, 0.25) is 0 Å². The maximum absolute atomic E-state index is 13.2. The summed E-state index contributed by atoms with van der Waals surface area (Å²) in [6.07, 6.45) is 1.08. The summed E-state index contributed by atoms with van der Waals surface area (Å²) in [7, 11) is 0. The van der Waals surface area contributed by atoms with Gasteiger partial charge in [-0.25, -0.2) is 9.18 Å². The molecule has 0 bridgehead atoms. The molecule has 0 radical (unpaired) electrons. The maximum atomic E-state index is 13.2. The molecule has 31 heavy (non-hydrogen) atoms. The molecular weight excluding hydrogens is 403 g/mol. The molecule has 1 amide bonds. The van der Waals surface area contributed by atoms with E-state index in [0.717, 1.165) is 11.4 Å². The van der Waals surface area contributed by atoms with Crippen LogP contribution in [-0.4, -0.2) is 53.6 Å². The van der Waals surface area contributed by atoms with Crippen LogP contribution in [0.15, 0.2) is 30.3 Å². The van der Waals surface area contributed by atoms with Crippen LogP contribution in [0.5, 0.6) is 0 Å². The molecule has 1 aromatic heterocycles. The predicted molar refractivity (Wildman–Crippen MR) is 111 cm³/mol. The molecule has 0 atom stereocenters. The number of carbonyl (C=O) groups is 3. The summed E-state index contributed by atoms with van der Waals surface area (Å²) in [5, 5.41) is 0. The van der Waals surface area contributed by atoms with Crippen LogP contribution in [-0.2, 0) is 19.1 Å². The molecule has 1 aliphatic rings. The molecule has 1 aliphatic heterocycles. The number of ether oxygens (including phenoxy) is 2. The number of hydrogen-bond acceptors (Lipinski definition) is 5. The molecule has 2 aromatic rings. The lowest BCUT2D eigenvalue weighted by Gasteiger charge is -2.30. The first-order valence-electron chi connectivity index (χ1n) is 10.4. The van der Waals surface area contributed by atoms with Crippen LogP contribution in [0.1, 0.15) is 41.5 Å². The van der Waals surface area contributed by atoms with Gasteiger partial charge in [0.1, 0.15) is 5.82 Å². The van der Waals surface area contributed by atoms with E-state index in [1.165, 1.54) is 12.1 Å². The molecule has 0 saturated carbocycles. The van der Waals surface area contributed by atoms with Crippen LogP contribution < -0.4 is 0 Å². The summed E-state index contributed by atoms with van der Waals surface area (Å²) in [6.45, 7) is 6.22. The second kappa shape index (κ2) is 9.76. The Bertz CT molecular complexity index is 959. The lowest BCUT2D eigenvalue weighted by molar-refractivity contribution is -0.151. The highest BCUT2D eigenvalue weighted by molar-refractivity contribution is 5.93. The van der Waals surface area contributed by atoms with Gasteiger partial charge in [-0.3, -0.25) is 9.59 Å². The summed E-state index contributed by atoms with van der Waals surface area (Å²) < 4.78 is 25.3. The molecule has 2 heterocycles. The SMILES string of the molecule is CCOC(=O)C1CCN(C(=O)COC(=O)c2cc(C)n(-c3ccc(F)cc3)c2C)CC1. The number of likely N-dealkylation sites (tertiary alicyclic amines) is 1. The zero-order valence-electron chi connectivity index (χ0n) is 18.0. The quantitative estimate of drug-likeness (QED) is 0.658. The number of aromatic nitrogens is 1. The Morgan fingerprint density at radius 1 is 1.06 bits per heavy atom. The predicted octanol–water partition coefficient (Wildman–Crippen LogP) is 3.19. The number of aryl methyl sites for hydroxylation is 1. The second-order valence-electron chi connectivity index (χ2n) is 7.58. The van der Waals surface area contributed by atoms with Crippen molar-refractivity contribution in [3.8, 4) is 5.69 Å². The van der Waals surface area contributed by atoms with Gasteiger partial charge in [-0.15, -0.1) is 0 Å². The van der Waals surface area contributed by atoms with Crippen molar-refractivity contribution in [2.45, 2.75) is 33.6 Å². The van der Waals surface area contributed by atoms with E-state index in [-0.39, 0.29) is 30.2 Å². The molecule has 8 heteroatoms. The number of amides is 1.